The number of rotatable bonds is 1. The van der Waals surface area contributed by atoms with Crippen LogP contribution in [0, 0.1) is 0 Å². The number of carbonyl (C=O) groups excluding carboxylic acids is 1. The Kier molecular flexibility index (Phi) is 2.36. The summed E-state index contributed by atoms with van der Waals surface area (Å²) in [6.07, 6.45) is 0. The van der Waals surface area contributed by atoms with Crippen molar-refractivity contribution in [2.45, 2.75) is 0 Å². The molecule has 4 N–H and O–H groups in total. The van der Waals surface area contributed by atoms with E-state index in [4.69, 9.17) is 11.5 Å². The third-order valence-electron chi connectivity index (χ3n) is 2.29. The number of halogens is 1. The second-order valence-corrected chi connectivity index (χ2v) is 4.03. The lowest BCUT2D eigenvalue weighted by Crippen LogP contribution is -2.13. The molecule has 0 aliphatic heterocycles. The molecule has 2 aromatic rings. The van der Waals surface area contributed by atoms with Gasteiger partial charge in [0.1, 0.15) is 0 Å². The summed E-state index contributed by atoms with van der Waals surface area (Å²) in [5, 5.41) is 1.91. The molecule has 0 unspecified atom stereocenters. The number of nitrogen functional groups attached to an aromatic ring is 1. The Balaban J connectivity index is 2.88. The monoisotopic (exact) mass is 264 g/mol. The van der Waals surface area contributed by atoms with Crippen molar-refractivity contribution in [3.8, 4) is 0 Å². The highest BCUT2D eigenvalue weighted by molar-refractivity contribution is 9.10. The van der Waals surface area contributed by atoms with Gasteiger partial charge in [-0.3, -0.25) is 4.79 Å². The topological polar surface area (TPSA) is 69.1 Å². The highest BCUT2D eigenvalue weighted by atomic mass is 79.9. The molecule has 0 bridgehead atoms. The van der Waals surface area contributed by atoms with Gasteiger partial charge in [-0.2, -0.15) is 0 Å². The fourth-order valence-corrected chi connectivity index (χ4v) is 2.10. The Labute approximate surface area is 95.2 Å². The SMILES string of the molecule is NC(=O)c1cc2ccccc2c(Br)c1N. The first-order chi connectivity index (χ1) is 7.11. The van der Waals surface area contributed by atoms with E-state index in [-0.39, 0.29) is 0 Å². The van der Waals surface area contributed by atoms with Gasteiger partial charge < -0.3 is 11.5 Å². The first kappa shape index (κ1) is 9.98. The molecule has 4 heteroatoms. The minimum Gasteiger partial charge on any atom is -0.397 e. The number of amides is 1. The average Bonchev–Trinajstić information content (AvgIpc) is 2.23. The summed E-state index contributed by atoms with van der Waals surface area (Å²) in [5.74, 6) is -0.515. The van der Waals surface area contributed by atoms with Crippen LogP contribution in [0.15, 0.2) is 34.8 Å². The zero-order valence-corrected chi connectivity index (χ0v) is 9.41. The molecule has 0 spiro atoms. The molecule has 1 amide bonds. The third-order valence-corrected chi connectivity index (χ3v) is 3.14. The molecule has 0 saturated heterocycles. The Morgan fingerprint density at radius 1 is 1.27 bits per heavy atom. The summed E-state index contributed by atoms with van der Waals surface area (Å²) in [5.41, 5.74) is 11.8. The minimum absolute atomic E-state index is 0.348. The molecule has 15 heavy (non-hydrogen) atoms. The highest BCUT2D eigenvalue weighted by Crippen LogP contribution is 2.32. The summed E-state index contributed by atoms with van der Waals surface area (Å²) in [7, 11) is 0. The summed E-state index contributed by atoms with van der Waals surface area (Å²) in [4.78, 5) is 11.1. The van der Waals surface area contributed by atoms with E-state index in [9.17, 15) is 4.79 Å². The maximum absolute atomic E-state index is 11.1. The van der Waals surface area contributed by atoms with Crippen LogP contribution in [0.3, 0.4) is 0 Å². The quantitative estimate of drug-likeness (QED) is 0.776. The molecular weight excluding hydrogens is 256 g/mol. The van der Waals surface area contributed by atoms with E-state index < -0.39 is 5.91 Å². The van der Waals surface area contributed by atoms with E-state index in [2.05, 4.69) is 15.9 Å². The van der Waals surface area contributed by atoms with Crippen LogP contribution in [-0.2, 0) is 0 Å². The van der Waals surface area contributed by atoms with Gasteiger partial charge in [0, 0.05) is 4.47 Å². The summed E-state index contributed by atoms with van der Waals surface area (Å²) >= 11 is 3.37. The molecule has 0 heterocycles. The van der Waals surface area contributed by atoms with E-state index in [0.29, 0.717) is 11.3 Å². The predicted octanol–water partition coefficient (Wildman–Crippen LogP) is 2.28. The van der Waals surface area contributed by atoms with Crippen molar-refractivity contribution in [3.05, 3.63) is 40.4 Å². The van der Waals surface area contributed by atoms with Gasteiger partial charge in [-0.15, -0.1) is 0 Å². The van der Waals surface area contributed by atoms with E-state index >= 15 is 0 Å². The largest absolute Gasteiger partial charge is 0.397 e. The van der Waals surface area contributed by atoms with Crippen LogP contribution < -0.4 is 11.5 Å². The van der Waals surface area contributed by atoms with Crippen LogP contribution in [-0.4, -0.2) is 5.91 Å². The smallest absolute Gasteiger partial charge is 0.250 e. The van der Waals surface area contributed by atoms with Crippen molar-refractivity contribution in [1.29, 1.82) is 0 Å². The number of primary amides is 1. The molecule has 3 nitrogen and oxygen atoms in total. The van der Waals surface area contributed by atoms with Gasteiger partial charge in [-0.05, 0) is 32.8 Å². The van der Waals surface area contributed by atoms with E-state index in [1.54, 1.807) is 6.07 Å². The van der Waals surface area contributed by atoms with Crippen molar-refractivity contribution >= 4 is 38.3 Å². The number of benzene rings is 2. The van der Waals surface area contributed by atoms with Crippen LogP contribution in [0.1, 0.15) is 10.4 Å². The van der Waals surface area contributed by atoms with Crippen LogP contribution in [0.5, 0.6) is 0 Å². The molecule has 2 aromatic carbocycles. The second-order valence-electron chi connectivity index (χ2n) is 3.24. The third kappa shape index (κ3) is 1.57. The predicted molar refractivity (Wildman–Crippen MR) is 64.6 cm³/mol. The molecule has 0 aliphatic rings. The average molecular weight is 265 g/mol. The minimum atomic E-state index is -0.515. The maximum atomic E-state index is 11.1. The molecule has 2 rings (SSSR count). The van der Waals surface area contributed by atoms with Gasteiger partial charge >= 0.3 is 0 Å². The molecule has 0 fully saturated rings. The number of hydrogen-bond donors (Lipinski definition) is 2. The normalized spacial score (nSPS) is 10.5. The molecule has 0 saturated carbocycles. The number of fused-ring (bicyclic) bond motifs is 1. The zero-order valence-electron chi connectivity index (χ0n) is 7.83. The van der Waals surface area contributed by atoms with Crippen LogP contribution in [0.4, 0.5) is 5.69 Å². The lowest BCUT2D eigenvalue weighted by molar-refractivity contribution is 0.100. The van der Waals surface area contributed by atoms with Crippen LogP contribution in [0.25, 0.3) is 10.8 Å². The van der Waals surface area contributed by atoms with Crippen molar-refractivity contribution in [2.24, 2.45) is 5.73 Å². The first-order valence-corrected chi connectivity index (χ1v) is 5.17. The second kappa shape index (κ2) is 3.55. The van der Waals surface area contributed by atoms with E-state index in [1.807, 2.05) is 24.3 Å². The number of nitrogens with two attached hydrogens (primary N) is 2. The number of carbonyl (C=O) groups is 1. The van der Waals surface area contributed by atoms with Crippen molar-refractivity contribution in [1.82, 2.24) is 0 Å². The van der Waals surface area contributed by atoms with E-state index in [1.165, 1.54) is 0 Å². The van der Waals surface area contributed by atoms with Gasteiger partial charge in [0.25, 0.3) is 5.91 Å². The van der Waals surface area contributed by atoms with Gasteiger partial charge in [0.2, 0.25) is 0 Å². The number of hydrogen-bond acceptors (Lipinski definition) is 2. The number of anilines is 1. The highest BCUT2D eigenvalue weighted by Gasteiger charge is 2.11. The zero-order chi connectivity index (χ0) is 11.0. The summed E-state index contributed by atoms with van der Waals surface area (Å²) in [6.45, 7) is 0. The van der Waals surface area contributed by atoms with Gasteiger partial charge in [-0.1, -0.05) is 24.3 Å². The van der Waals surface area contributed by atoms with Crippen LogP contribution >= 0.6 is 15.9 Å². The molecule has 0 atom stereocenters. The molecular formula is C11H9BrN2O. The lowest BCUT2D eigenvalue weighted by atomic mass is 10.0. The summed E-state index contributed by atoms with van der Waals surface area (Å²) in [6, 6.07) is 9.36. The summed E-state index contributed by atoms with van der Waals surface area (Å²) < 4.78 is 0.717. The Morgan fingerprint density at radius 3 is 2.60 bits per heavy atom. The molecule has 0 aliphatic carbocycles. The van der Waals surface area contributed by atoms with Gasteiger partial charge in [0.15, 0.2) is 0 Å². The van der Waals surface area contributed by atoms with Crippen molar-refractivity contribution in [2.75, 3.05) is 5.73 Å². The Bertz CT molecular complexity index is 552. The van der Waals surface area contributed by atoms with E-state index in [0.717, 1.165) is 15.2 Å². The van der Waals surface area contributed by atoms with Gasteiger partial charge in [-0.25, -0.2) is 0 Å². The molecule has 0 aromatic heterocycles. The maximum Gasteiger partial charge on any atom is 0.250 e. The Hall–Kier alpha value is -1.55. The van der Waals surface area contributed by atoms with Gasteiger partial charge in [0.05, 0.1) is 11.3 Å². The molecule has 0 radical (unpaired) electrons. The first-order valence-electron chi connectivity index (χ1n) is 4.38. The van der Waals surface area contributed by atoms with Crippen molar-refractivity contribution in [3.63, 3.8) is 0 Å². The fourth-order valence-electron chi connectivity index (χ4n) is 1.52. The van der Waals surface area contributed by atoms with Crippen LogP contribution in [0.2, 0.25) is 0 Å². The standard InChI is InChI=1S/C11H9BrN2O/c12-9-7-4-2-1-3-6(7)5-8(10(9)13)11(14)15/h1-5H,13H2,(H2,14,15). The molecule has 76 valence electrons. The lowest BCUT2D eigenvalue weighted by Gasteiger charge is -2.08. The fraction of sp³-hybridized carbons (Fsp3) is 0. The Morgan fingerprint density at radius 2 is 1.93 bits per heavy atom. The van der Waals surface area contributed by atoms with Crippen molar-refractivity contribution < 1.29 is 4.79 Å².